The number of amides is 1. The van der Waals surface area contributed by atoms with Crippen molar-refractivity contribution in [3.63, 3.8) is 0 Å². The van der Waals surface area contributed by atoms with Crippen LogP contribution in [0.15, 0.2) is 60.9 Å². The van der Waals surface area contributed by atoms with Crippen LogP contribution >= 0.6 is 0 Å². The zero-order valence-corrected chi connectivity index (χ0v) is 16.1. The van der Waals surface area contributed by atoms with Gasteiger partial charge < -0.3 is 15.4 Å². The summed E-state index contributed by atoms with van der Waals surface area (Å²) < 4.78 is 7.77. The van der Waals surface area contributed by atoms with E-state index in [2.05, 4.69) is 15.7 Å². The molecule has 0 unspecified atom stereocenters. The Balaban J connectivity index is 1.50. The zero-order chi connectivity index (χ0) is 19.5. The SMILES string of the molecule is Cc1ccc(Oc2ccccc2NC(=O)[C@H]2CNC[C@@H]2c2cnn(C)c2)cc1. The third-order valence-corrected chi connectivity index (χ3v) is 5.10. The highest BCUT2D eigenvalue weighted by Crippen LogP contribution is 2.32. The molecule has 4 rings (SSSR count). The van der Waals surface area contributed by atoms with Crippen molar-refractivity contribution >= 4 is 11.6 Å². The molecule has 0 spiro atoms. The Bertz CT molecular complexity index is 965. The molecule has 0 radical (unpaired) electrons. The van der Waals surface area contributed by atoms with Crippen LogP contribution < -0.4 is 15.4 Å². The molecule has 1 aliphatic heterocycles. The molecule has 1 saturated heterocycles. The van der Waals surface area contributed by atoms with E-state index in [4.69, 9.17) is 4.74 Å². The first kappa shape index (κ1) is 18.3. The number of carbonyl (C=O) groups is 1. The van der Waals surface area contributed by atoms with Crippen LogP contribution in [0.2, 0.25) is 0 Å². The first-order valence-electron chi connectivity index (χ1n) is 9.44. The number of rotatable bonds is 5. The van der Waals surface area contributed by atoms with Crippen LogP contribution in [0.25, 0.3) is 0 Å². The predicted molar refractivity (Wildman–Crippen MR) is 109 cm³/mol. The summed E-state index contributed by atoms with van der Waals surface area (Å²) in [5.41, 5.74) is 2.92. The molecule has 1 amide bonds. The van der Waals surface area contributed by atoms with Gasteiger partial charge >= 0.3 is 0 Å². The van der Waals surface area contributed by atoms with E-state index < -0.39 is 0 Å². The highest BCUT2D eigenvalue weighted by atomic mass is 16.5. The molecule has 6 heteroatoms. The van der Waals surface area contributed by atoms with Gasteiger partial charge in [-0.25, -0.2) is 0 Å². The van der Waals surface area contributed by atoms with E-state index in [9.17, 15) is 4.79 Å². The zero-order valence-electron chi connectivity index (χ0n) is 16.1. The Morgan fingerprint density at radius 1 is 1.18 bits per heavy atom. The smallest absolute Gasteiger partial charge is 0.229 e. The van der Waals surface area contributed by atoms with Crippen LogP contribution in [-0.2, 0) is 11.8 Å². The van der Waals surface area contributed by atoms with Crippen LogP contribution in [0.3, 0.4) is 0 Å². The van der Waals surface area contributed by atoms with Crippen molar-refractivity contribution in [3.8, 4) is 11.5 Å². The van der Waals surface area contributed by atoms with Crippen molar-refractivity contribution in [2.24, 2.45) is 13.0 Å². The molecule has 1 aromatic heterocycles. The van der Waals surface area contributed by atoms with Crippen LogP contribution in [0, 0.1) is 12.8 Å². The fraction of sp³-hybridized carbons (Fsp3) is 0.273. The van der Waals surface area contributed by atoms with Crippen molar-refractivity contribution < 1.29 is 9.53 Å². The van der Waals surface area contributed by atoms with Crippen molar-refractivity contribution in [1.82, 2.24) is 15.1 Å². The van der Waals surface area contributed by atoms with Crippen LogP contribution in [0.1, 0.15) is 17.0 Å². The molecule has 2 atom stereocenters. The molecule has 0 saturated carbocycles. The molecular formula is C22H24N4O2. The molecule has 0 aliphatic carbocycles. The molecule has 1 aliphatic rings. The fourth-order valence-corrected chi connectivity index (χ4v) is 3.55. The Kier molecular flexibility index (Phi) is 5.12. The van der Waals surface area contributed by atoms with Gasteiger partial charge in [-0.15, -0.1) is 0 Å². The lowest BCUT2D eigenvalue weighted by atomic mass is 9.90. The maximum absolute atomic E-state index is 13.0. The first-order chi connectivity index (χ1) is 13.6. The number of nitrogens with zero attached hydrogens (tertiary/aromatic N) is 2. The Morgan fingerprint density at radius 2 is 1.96 bits per heavy atom. The summed E-state index contributed by atoms with van der Waals surface area (Å²) in [6, 6.07) is 15.4. The fourth-order valence-electron chi connectivity index (χ4n) is 3.55. The highest BCUT2D eigenvalue weighted by Gasteiger charge is 2.35. The molecule has 144 valence electrons. The number of aromatic nitrogens is 2. The van der Waals surface area contributed by atoms with E-state index in [1.165, 1.54) is 5.56 Å². The molecular weight excluding hydrogens is 352 g/mol. The third-order valence-electron chi connectivity index (χ3n) is 5.10. The maximum atomic E-state index is 13.0. The minimum atomic E-state index is -0.156. The monoisotopic (exact) mass is 376 g/mol. The van der Waals surface area contributed by atoms with Crippen molar-refractivity contribution in [1.29, 1.82) is 0 Å². The average Bonchev–Trinajstić information content (AvgIpc) is 3.34. The molecule has 0 bridgehead atoms. The Morgan fingerprint density at radius 3 is 2.71 bits per heavy atom. The second kappa shape index (κ2) is 7.86. The molecule has 2 heterocycles. The second-order valence-corrected chi connectivity index (χ2v) is 7.22. The molecule has 2 aromatic carbocycles. The van der Waals surface area contributed by atoms with Crippen molar-refractivity contribution in [2.75, 3.05) is 18.4 Å². The number of nitrogens with one attached hydrogen (secondary N) is 2. The van der Waals surface area contributed by atoms with E-state index in [-0.39, 0.29) is 17.7 Å². The number of aryl methyl sites for hydroxylation is 2. The highest BCUT2D eigenvalue weighted by molar-refractivity contribution is 5.95. The summed E-state index contributed by atoms with van der Waals surface area (Å²) >= 11 is 0. The minimum Gasteiger partial charge on any atom is -0.455 e. The second-order valence-electron chi connectivity index (χ2n) is 7.22. The van der Waals surface area contributed by atoms with Gasteiger partial charge in [0.15, 0.2) is 5.75 Å². The van der Waals surface area contributed by atoms with Crippen LogP contribution in [-0.4, -0.2) is 28.8 Å². The molecule has 2 N–H and O–H groups in total. The summed E-state index contributed by atoms with van der Waals surface area (Å²) in [5, 5.41) is 10.6. The number of para-hydroxylation sites is 2. The van der Waals surface area contributed by atoms with Gasteiger partial charge in [-0.2, -0.15) is 5.10 Å². The molecule has 28 heavy (non-hydrogen) atoms. The van der Waals surface area contributed by atoms with E-state index in [1.807, 2.05) is 74.9 Å². The number of carbonyl (C=O) groups excluding carboxylic acids is 1. The first-order valence-corrected chi connectivity index (χ1v) is 9.44. The van der Waals surface area contributed by atoms with Crippen LogP contribution in [0.4, 0.5) is 5.69 Å². The van der Waals surface area contributed by atoms with Crippen molar-refractivity contribution in [2.45, 2.75) is 12.8 Å². The number of benzene rings is 2. The van der Waals surface area contributed by atoms with Crippen molar-refractivity contribution in [3.05, 3.63) is 72.1 Å². The van der Waals surface area contributed by atoms with E-state index >= 15 is 0 Å². The minimum absolute atomic E-state index is 0.0150. The number of anilines is 1. The number of hydrogen-bond donors (Lipinski definition) is 2. The topological polar surface area (TPSA) is 68.2 Å². The Labute approximate surface area is 164 Å². The summed E-state index contributed by atoms with van der Waals surface area (Å²) in [5.74, 6) is 1.31. The van der Waals surface area contributed by atoms with Gasteiger partial charge in [0.25, 0.3) is 0 Å². The standard InChI is InChI=1S/C22H24N4O2/c1-15-7-9-17(10-8-15)28-21-6-4-3-5-20(21)25-22(27)19-13-23-12-18(19)16-11-24-26(2)14-16/h3-11,14,18-19,23H,12-13H2,1-2H3,(H,25,27)/t18-,19+/m1/s1. The third kappa shape index (κ3) is 3.92. The van der Waals surface area contributed by atoms with Gasteiger partial charge in [-0.1, -0.05) is 29.8 Å². The lowest BCUT2D eigenvalue weighted by molar-refractivity contribution is -0.119. The van der Waals surface area contributed by atoms with Gasteiger partial charge in [-0.05, 0) is 36.8 Å². The lowest BCUT2D eigenvalue weighted by Crippen LogP contribution is -2.28. The maximum Gasteiger partial charge on any atom is 0.229 e. The van der Waals surface area contributed by atoms with Gasteiger partial charge in [0.1, 0.15) is 5.75 Å². The van der Waals surface area contributed by atoms with Crippen LogP contribution in [0.5, 0.6) is 11.5 Å². The molecule has 1 fully saturated rings. The summed E-state index contributed by atoms with van der Waals surface area (Å²) in [6.07, 6.45) is 3.82. The summed E-state index contributed by atoms with van der Waals surface area (Å²) in [4.78, 5) is 13.0. The van der Waals surface area contributed by atoms with Gasteiger partial charge in [0, 0.05) is 32.3 Å². The lowest BCUT2D eigenvalue weighted by Gasteiger charge is -2.18. The van der Waals surface area contributed by atoms with Gasteiger partial charge in [0.05, 0.1) is 17.8 Å². The van der Waals surface area contributed by atoms with Gasteiger partial charge in [-0.3, -0.25) is 9.48 Å². The summed E-state index contributed by atoms with van der Waals surface area (Å²) in [6.45, 7) is 3.45. The van der Waals surface area contributed by atoms with E-state index in [0.717, 1.165) is 17.9 Å². The number of ether oxygens (including phenoxy) is 1. The van der Waals surface area contributed by atoms with Gasteiger partial charge in [0.2, 0.25) is 5.91 Å². The Hall–Kier alpha value is -3.12. The summed E-state index contributed by atoms with van der Waals surface area (Å²) in [7, 11) is 1.89. The van der Waals surface area contributed by atoms with E-state index in [0.29, 0.717) is 18.0 Å². The van der Waals surface area contributed by atoms with E-state index in [1.54, 1.807) is 4.68 Å². The largest absolute Gasteiger partial charge is 0.455 e. The normalized spacial score (nSPS) is 18.8. The molecule has 3 aromatic rings. The average molecular weight is 376 g/mol. The number of hydrogen-bond acceptors (Lipinski definition) is 4. The quantitative estimate of drug-likeness (QED) is 0.716. The predicted octanol–water partition coefficient (Wildman–Crippen LogP) is 3.46. The molecule has 6 nitrogen and oxygen atoms in total.